The van der Waals surface area contributed by atoms with Crippen LogP contribution in [0.4, 0.5) is 22.7 Å². The van der Waals surface area contributed by atoms with E-state index in [1.54, 1.807) is 45.0 Å². The third-order valence-corrected chi connectivity index (χ3v) is 8.07. The molecule has 18 heteroatoms. The minimum absolute atomic E-state index is 0. The molecule has 0 bridgehead atoms. The van der Waals surface area contributed by atoms with Gasteiger partial charge in [-0.3, -0.25) is 29.4 Å². The van der Waals surface area contributed by atoms with Crippen LogP contribution in [0.25, 0.3) is 10.9 Å². The van der Waals surface area contributed by atoms with Gasteiger partial charge in [-0.15, -0.1) is 12.4 Å². The van der Waals surface area contributed by atoms with Crippen LogP contribution in [0, 0.1) is 26.2 Å². The van der Waals surface area contributed by atoms with Crippen molar-refractivity contribution in [2.75, 3.05) is 27.8 Å². The summed E-state index contributed by atoms with van der Waals surface area (Å²) in [6, 6.07) is 6.67. The van der Waals surface area contributed by atoms with Crippen LogP contribution in [0.15, 0.2) is 54.5 Å². The van der Waals surface area contributed by atoms with Crippen molar-refractivity contribution in [2.24, 2.45) is 5.73 Å². The molecule has 12 N–H and O–H groups in total. The summed E-state index contributed by atoms with van der Waals surface area (Å²) >= 11 is 5.64. The Labute approximate surface area is 301 Å². The standard InChI is InChI=1S/C33H34ClN11O5.ClH/c1-14-23(12-38-26(14)31(48)37-8-7-25(35)36)44-33(50)28-16(3)24(13-40-28)45-32(49)27-15(2)22(11-39-27)43-30(47)21-10-18-9-19(5-6-20(18)42-21)41-29(46)17(4)34;/h5-6,9-13,38-40,42H,4,7-8H2,1-3H3,(H3,35,36)(H,37,48)(H,41,46)(H,43,47)(H,44,50)(H,45,49);1H. The molecule has 16 nitrogen and oxygen atoms in total. The number of hydrogen-bond acceptors (Lipinski definition) is 6. The lowest BCUT2D eigenvalue weighted by molar-refractivity contribution is -0.112. The van der Waals surface area contributed by atoms with Crippen molar-refractivity contribution in [3.63, 3.8) is 0 Å². The van der Waals surface area contributed by atoms with Crippen LogP contribution in [0.2, 0.25) is 0 Å². The summed E-state index contributed by atoms with van der Waals surface area (Å²) in [5.41, 5.74) is 9.97. The van der Waals surface area contributed by atoms with Crippen molar-refractivity contribution < 1.29 is 24.0 Å². The van der Waals surface area contributed by atoms with Gasteiger partial charge in [-0.25, -0.2) is 0 Å². The van der Waals surface area contributed by atoms with Crippen LogP contribution in [0.1, 0.15) is 65.1 Å². The molecular formula is C33H35Cl2N11O5. The van der Waals surface area contributed by atoms with Gasteiger partial charge in [-0.05, 0) is 45.0 Å². The second-order valence-electron chi connectivity index (χ2n) is 11.3. The number of halogens is 2. The third-order valence-electron chi connectivity index (χ3n) is 7.89. The summed E-state index contributed by atoms with van der Waals surface area (Å²) in [4.78, 5) is 75.4. The van der Waals surface area contributed by atoms with E-state index in [2.05, 4.69) is 53.1 Å². The number of benzene rings is 1. The Bertz CT molecular complexity index is 2210. The molecule has 51 heavy (non-hydrogen) atoms. The molecule has 5 aromatic rings. The summed E-state index contributed by atoms with van der Waals surface area (Å²) in [5.74, 6) is -2.43. The average molecular weight is 737 g/mol. The molecule has 1 aromatic carbocycles. The zero-order valence-electron chi connectivity index (χ0n) is 27.6. The van der Waals surface area contributed by atoms with Gasteiger partial charge in [-0.2, -0.15) is 0 Å². The topological polar surface area (TPSA) is 259 Å². The molecule has 0 saturated heterocycles. The van der Waals surface area contributed by atoms with Gasteiger partial charge in [-0.1, -0.05) is 18.2 Å². The number of hydrogen-bond donors (Lipinski definition) is 11. The number of nitrogens with two attached hydrogens (primary N) is 1. The Morgan fingerprint density at radius 1 is 0.765 bits per heavy atom. The Balaban J connectivity index is 0.00000583. The van der Waals surface area contributed by atoms with Crippen LogP contribution in [-0.2, 0) is 4.79 Å². The number of carbonyl (C=O) groups is 5. The van der Waals surface area contributed by atoms with E-state index in [1.165, 1.54) is 18.6 Å². The van der Waals surface area contributed by atoms with Crippen LogP contribution >= 0.6 is 24.0 Å². The van der Waals surface area contributed by atoms with Gasteiger partial charge in [0, 0.05) is 64.8 Å². The highest BCUT2D eigenvalue weighted by Gasteiger charge is 2.22. The summed E-state index contributed by atoms with van der Waals surface area (Å²) < 4.78 is 0. The highest BCUT2D eigenvalue weighted by Crippen LogP contribution is 2.26. The van der Waals surface area contributed by atoms with Crippen LogP contribution in [0.3, 0.4) is 0 Å². The molecule has 0 radical (unpaired) electrons. The molecule has 0 aliphatic carbocycles. The smallest absolute Gasteiger partial charge is 0.272 e. The fourth-order valence-corrected chi connectivity index (χ4v) is 5.12. The number of H-pyrrole nitrogens is 4. The second-order valence-corrected chi connectivity index (χ2v) is 11.8. The maximum atomic E-state index is 13.2. The molecule has 0 unspecified atom stereocenters. The molecule has 0 spiro atoms. The summed E-state index contributed by atoms with van der Waals surface area (Å²) in [5, 5.41) is 21.4. The molecule has 0 fully saturated rings. The zero-order chi connectivity index (χ0) is 36.3. The summed E-state index contributed by atoms with van der Waals surface area (Å²) in [6.07, 6.45) is 4.69. The van der Waals surface area contributed by atoms with Gasteiger partial charge in [0.15, 0.2) is 0 Å². The molecule has 0 saturated carbocycles. The largest absolute Gasteiger partial charge is 0.388 e. The van der Waals surface area contributed by atoms with E-state index in [1.807, 2.05) is 0 Å². The third kappa shape index (κ3) is 8.31. The molecule has 4 heterocycles. The van der Waals surface area contributed by atoms with Gasteiger partial charge in [0.25, 0.3) is 29.5 Å². The maximum absolute atomic E-state index is 13.2. The number of rotatable bonds is 12. The molecule has 0 aliphatic heterocycles. The first-order chi connectivity index (χ1) is 23.7. The lowest BCUT2D eigenvalue weighted by atomic mass is 10.2. The van der Waals surface area contributed by atoms with E-state index < -0.39 is 29.5 Å². The lowest BCUT2D eigenvalue weighted by Crippen LogP contribution is -2.28. The van der Waals surface area contributed by atoms with Gasteiger partial charge >= 0.3 is 0 Å². The Kier molecular flexibility index (Phi) is 11.4. The van der Waals surface area contributed by atoms with E-state index in [-0.39, 0.29) is 59.0 Å². The monoisotopic (exact) mass is 735 g/mol. The van der Waals surface area contributed by atoms with Crippen molar-refractivity contribution in [1.82, 2.24) is 25.3 Å². The Hall–Kier alpha value is -6.26. The fraction of sp³-hybridized carbons (Fsp3) is 0.152. The molecule has 5 rings (SSSR count). The molecule has 266 valence electrons. The maximum Gasteiger partial charge on any atom is 0.272 e. The summed E-state index contributed by atoms with van der Waals surface area (Å²) in [7, 11) is 0. The quantitative estimate of drug-likeness (QED) is 0.0477. The molecule has 0 atom stereocenters. The minimum atomic E-state index is -0.537. The van der Waals surface area contributed by atoms with Gasteiger partial charge in [0.2, 0.25) is 0 Å². The van der Waals surface area contributed by atoms with E-state index in [0.717, 1.165) is 0 Å². The van der Waals surface area contributed by atoms with Crippen molar-refractivity contribution in [1.29, 1.82) is 5.41 Å². The minimum Gasteiger partial charge on any atom is -0.388 e. The predicted molar refractivity (Wildman–Crippen MR) is 198 cm³/mol. The number of aromatic nitrogens is 4. The first kappa shape index (κ1) is 37.6. The normalized spacial score (nSPS) is 10.6. The molecule has 4 aromatic heterocycles. The fourth-order valence-electron chi connectivity index (χ4n) is 5.07. The number of amides is 5. The Morgan fingerprint density at radius 3 is 1.75 bits per heavy atom. The Morgan fingerprint density at radius 2 is 1.25 bits per heavy atom. The number of carbonyl (C=O) groups excluding carboxylic acids is 5. The zero-order valence-corrected chi connectivity index (χ0v) is 29.1. The van der Waals surface area contributed by atoms with Crippen molar-refractivity contribution in [3.05, 3.63) is 93.9 Å². The van der Waals surface area contributed by atoms with Crippen molar-refractivity contribution in [3.8, 4) is 0 Å². The van der Waals surface area contributed by atoms with Crippen molar-refractivity contribution >= 4 is 93.0 Å². The number of fused-ring (bicyclic) bond motifs is 1. The average Bonchev–Trinajstić information content (AvgIpc) is 3.83. The lowest BCUT2D eigenvalue weighted by Gasteiger charge is -2.07. The van der Waals surface area contributed by atoms with E-state index in [4.69, 9.17) is 22.7 Å². The van der Waals surface area contributed by atoms with Crippen molar-refractivity contribution in [2.45, 2.75) is 27.2 Å². The van der Waals surface area contributed by atoms with Gasteiger partial charge < -0.3 is 52.3 Å². The predicted octanol–water partition coefficient (Wildman–Crippen LogP) is 5.00. The van der Waals surface area contributed by atoms with Gasteiger partial charge in [0.1, 0.15) is 22.8 Å². The van der Waals surface area contributed by atoms with E-state index in [9.17, 15) is 24.0 Å². The summed E-state index contributed by atoms with van der Waals surface area (Å²) in [6.45, 7) is 8.61. The number of anilines is 4. The first-order valence-corrected chi connectivity index (χ1v) is 15.5. The second kappa shape index (κ2) is 15.5. The first-order valence-electron chi connectivity index (χ1n) is 15.1. The van der Waals surface area contributed by atoms with Crippen LogP contribution in [0.5, 0.6) is 0 Å². The van der Waals surface area contributed by atoms with E-state index >= 15 is 0 Å². The van der Waals surface area contributed by atoms with Crippen LogP contribution < -0.4 is 32.3 Å². The van der Waals surface area contributed by atoms with Gasteiger partial charge in [0.05, 0.1) is 27.9 Å². The molecule has 0 aliphatic rings. The number of nitrogens with one attached hydrogen (secondary N) is 10. The van der Waals surface area contributed by atoms with E-state index in [0.29, 0.717) is 50.3 Å². The molecule has 5 amide bonds. The number of aromatic amines is 4. The highest BCUT2D eigenvalue weighted by molar-refractivity contribution is 6.43. The molecular weight excluding hydrogens is 701 g/mol. The number of amidine groups is 1. The van der Waals surface area contributed by atoms with Crippen LogP contribution in [-0.4, -0.2) is 61.9 Å². The SMILES string of the molecule is C=C(Cl)C(=O)Nc1ccc2[nH]c(C(=O)Nc3c[nH]c(C(=O)Nc4c[nH]c(C(=O)Nc5c[nH]c(C(=O)NCCC(=N)N)c5C)c4C)c3C)cc2c1.Cl. The highest BCUT2D eigenvalue weighted by atomic mass is 35.5.